The van der Waals surface area contributed by atoms with Crippen molar-refractivity contribution in [2.45, 2.75) is 31.2 Å². The number of aryl methyl sites for hydroxylation is 1. The Morgan fingerprint density at radius 2 is 1.94 bits per heavy atom. The molecule has 0 aliphatic heterocycles. The molecule has 12 heteroatoms. The molecule has 0 spiro atoms. The average molecular weight is 628 g/mol. The van der Waals surface area contributed by atoms with Crippen LogP contribution in [0.15, 0.2) is 53.6 Å². The van der Waals surface area contributed by atoms with Crippen LogP contribution in [-0.2, 0) is 21.4 Å². The summed E-state index contributed by atoms with van der Waals surface area (Å²) in [4.78, 5) is 21.1. The van der Waals surface area contributed by atoms with E-state index < -0.39 is 43.7 Å². The molecule has 1 fully saturated rings. The quantitative estimate of drug-likeness (QED) is 0.224. The number of amides is 1. The van der Waals surface area contributed by atoms with Crippen molar-refractivity contribution in [1.82, 2.24) is 15.2 Å². The maximum Gasteiger partial charge on any atom is 0.277 e. The van der Waals surface area contributed by atoms with E-state index >= 15 is 8.78 Å². The number of halogens is 3. The first-order chi connectivity index (χ1) is 17.2. The van der Waals surface area contributed by atoms with Crippen LogP contribution in [0.1, 0.15) is 34.5 Å². The number of carbonyl (C=O) groups is 1. The summed E-state index contributed by atoms with van der Waals surface area (Å²) in [5, 5.41) is 2.75. The van der Waals surface area contributed by atoms with Crippen molar-refractivity contribution in [2.75, 3.05) is 11.9 Å². The van der Waals surface area contributed by atoms with Crippen LogP contribution in [0.4, 0.5) is 20.2 Å². The molecule has 1 heterocycles. The third-order valence-electron chi connectivity index (χ3n) is 5.51. The fourth-order valence-corrected chi connectivity index (χ4v) is 5.05. The minimum Gasteiger partial charge on any atom is -0.352 e. The molecule has 1 aliphatic rings. The van der Waals surface area contributed by atoms with Gasteiger partial charge in [-0.05, 0) is 90.2 Å². The largest absolute Gasteiger partial charge is 0.352 e. The maximum atomic E-state index is 15.4. The van der Waals surface area contributed by atoms with Crippen LogP contribution in [0, 0.1) is 28.0 Å². The van der Waals surface area contributed by atoms with Gasteiger partial charge < -0.3 is 5.32 Å². The van der Waals surface area contributed by atoms with Crippen molar-refractivity contribution in [3.8, 4) is 0 Å². The molecule has 36 heavy (non-hydrogen) atoms. The van der Waals surface area contributed by atoms with Gasteiger partial charge in [-0.2, -0.15) is 0 Å². The number of pyridine rings is 1. The van der Waals surface area contributed by atoms with E-state index in [4.69, 9.17) is 4.84 Å². The summed E-state index contributed by atoms with van der Waals surface area (Å²) < 4.78 is 59.4. The number of hydrogen-bond acceptors (Lipinski definition) is 6. The number of sulfonamides is 1. The predicted molar refractivity (Wildman–Crippen MR) is 138 cm³/mol. The lowest BCUT2D eigenvalue weighted by Gasteiger charge is -2.17. The highest BCUT2D eigenvalue weighted by Crippen LogP contribution is 2.33. The Balaban J connectivity index is 1.70. The number of nitrogens with one attached hydrogen (secondary N) is 3. The number of aromatic nitrogens is 1. The van der Waals surface area contributed by atoms with Crippen LogP contribution in [0.25, 0.3) is 0 Å². The lowest BCUT2D eigenvalue weighted by Crippen LogP contribution is -2.28. The second-order valence-electron chi connectivity index (χ2n) is 8.34. The van der Waals surface area contributed by atoms with Gasteiger partial charge in [-0.1, -0.05) is 6.07 Å². The van der Waals surface area contributed by atoms with Crippen molar-refractivity contribution in [3.05, 3.63) is 80.7 Å². The summed E-state index contributed by atoms with van der Waals surface area (Å²) in [6.45, 7) is 1.78. The fourth-order valence-electron chi connectivity index (χ4n) is 3.32. The van der Waals surface area contributed by atoms with Crippen LogP contribution in [-0.4, -0.2) is 25.9 Å². The van der Waals surface area contributed by atoms with Crippen molar-refractivity contribution in [1.29, 1.82) is 0 Å². The Bertz CT molecular complexity index is 1390. The summed E-state index contributed by atoms with van der Waals surface area (Å²) >= 11 is 2.11. The van der Waals surface area contributed by atoms with Gasteiger partial charge in [0.2, 0.25) is 10.0 Å². The zero-order chi connectivity index (χ0) is 25.9. The Kier molecular flexibility index (Phi) is 8.17. The van der Waals surface area contributed by atoms with Crippen LogP contribution in [0.3, 0.4) is 0 Å². The molecule has 1 aliphatic carbocycles. The minimum atomic E-state index is -4.55. The van der Waals surface area contributed by atoms with E-state index in [9.17, 15) is 13.2 Å². The van der Waals surface area contributed by atoms with Gasteiger partial charge in [-0.25, -0.2) is 27.4 Å². The number of hydrogen-bond donors (Lipinski definition) is 3. The molecule has 0 radical (unpaired) electrons. The van der Waals surface area contributed by atoms with Crippen LogP contribution < -0.4 is 15.5 Å². The second-order valence-corrected chi connectivity index (χ2v) is 11.3. The molecule has 0 unspecified atom stereocenters. The van der Waals surface area contributed by atoms with Crippen molar-refractivity contribution in [2.24, 2.45) is 5.92 Å². The van der Waals surface area contributed by atoms with Gasteiger partial charge in [0.15, 0.2) is 11.6 Å². The van der Waals surface area contributed by atoms with E-state index in [1.54, 1.807) is 37.3 Å². The molecular formula is C24H23F2IN4O4S. The van der Waals surface area contributed by atoms with Gasteiger partial charge in [0.05, 0.1) is 30.1 Å². The van der Waals surface area contributed by atoms with E-state index in [1.807, 2.05) is 6.07 Å². The Hall–Kier alpha value is -2.68. The summed E-state index contributed by atoms with van der Waals surface area (Å²) in [7, 11) is -4.55. The molecular weight excluding hydrogens is 605 g/mol. The zero-order valence-corrected chi connectivity index (χ0v) is 22.1. The van der Waals surface area contributed by atoms with E-state index in [1.165, 1.54) is 6.20 Å². The van der Waals surface area contributed by atoms with Crippen molar-refractivity contribution < 1.29 is 26.8 Å². The Morgan fingerprint density at radius 3 is 2.61 bits per heavy atom. The molecule has 1 aromatic heterocycles. The van der Waals surface area contributed by atoms with Gasteiger partial charge in [-0.15, -0.1) is 0 Å². The molecule has 0 saturated heterocycles. The highest BCUT2D eigenvalue weighted by Gasteiger charge is 2.30. The normalized spacial score (nSPS) is 13.4. The molecule has 4 rings (SSSR count). The van der Waals surface area contributed by atoms with Gasteiger partial charge >= 0.3 is 0 Å². The highest BCUT2D eigenvalue weighted by molar-refractivity contribution is 14.1. The maximum absolute atomic E-state index is 15.4. The Labute approximate surface area is 221 Å². The summed E-state index contributed by atoms with van der Waals surface area (Å²) in [5.41, 5.74) is 2.78. The lowest BCUT2D eigenvalue weighted by molar-refractivity contribution is 0.0270. The molecule has 1 amide bonds. The van der Waals surface area contributed by atoms with Crippen LogP contribution in [0.2, 0.25) is 0 Å². The fraction of sp³-hybridized carbons (Fsp3) is 0.250. The van der Waals surface area contributed by atoms with E-state index in [0.29, 0.717) is 22.9 Å². The van der Waals surface area contributed by atoms with Crippen LogP contribution >= 0.6 is 22.6 Å². The molecule has 0 bridgehead atoms. The number of anilines is 2. The predicted octanol–water partition coefficient (Wildman–Crippen LogP) is 4.57. The number of hydroxylamine groups is 1. The third-order valence-corrected chi connectivity index (χ3v) is 7.58. The zero-order valence-electron chi connectivity index (χ0n) is 19.1. The first kappa shape index (κ1) is 26.4. The minimum absolute atomic E-state index is 0.252. The molecule has 2 aromatic carbocycles. The number of benzene rings is 2. The summed E-state index contributed by atoms with van der Waals surface area (Å²) in [6, 6.07) is 10.9. The van der Waals surface area contributed by atoms with Crippen molar-refractivity contribution >= 4 is 49.9 Å². The van der Waals surface area contributed by atoms with E-state index in [2.05, 4.69) is 43.1 Å². The monoisotopic (exact) mass is 628 g/mol. The van der Waals surface area contributed by atoms with Gasteiger partial charge in [-0.3, -0.25) is 14.6 Å². The highest BCUT2D eigenvalue weighted by atomic mass is 127. The molecule has 190 valence electrons. The first-order valence-electron chi connectivity index (χ1n) is 11.0. The number of carbonyl (C=O) groups excluding carboxylic acids is 1. The lowest BCUT2D eigenvalue weighted by atomic mass is 10.1. The second kappa shape index (κ2) is 11.2. The van der Waals surface area contributed by atoms with Crippen molar-refractivity contribution in [3.63, 3.8) is 0 Å². The van der Waals surface area contributed by atoms with E-state index in [-0.39, 0.29) is 13.2 Å². The summed E-state index contributed by atoms with van der Waals surface area (Å²) in [5.74, 6) is -3.72. The van der Waals surface area contributed by atoms with Gasteiger partial charge in [0.25, 0.3) is 5.91 Å². The SMILES string of the molecule is Cc1cc(I)ccc1Nc1c(C(=O)NOCC2CC2)cc(S(=O)(=O)NCc2ccccn2)c(F)c1F. The molecule has 3 aromatic rings. The number of nitrogens with zero attached hydrogens (tertiary/aromatic N) is 1. The third kappa shape index (κ3) is 6.35. The van der Waals surface area contributed by atoms with E-state index in [0.717, 1.165) is 22.5 Å². The number of rotatable bonds is 10. The van der Waals surface area contributed by atoms with Gasteiger partial charge in [0, 0.05) is 15.5 Å². The topological polar surface area (TPSA) is 109 Å². The Morgan fingerprint density at radius 1 is 1.17 bits per heavy atom. The molecule has 3 N–H and O–H groups in total. The van der Waals surface area contributed by atoms with Crippen LogP contribution in [0.5, 0.6) is 0 Å². The molecule has 0 atom stereocenters. The summed E-state index contributed by atoms with van der Waals surface area (Å²) in [6.07, 6.45) is 3.43. The first-order valence-corrected chi connectivity index (χ1v) is 13.6. The smallest absolute Gasteiger partial charge is 0.277 e. The molecule has 8 nitrogen and oxygen atoms in total. The average Bonchev–Trinajstić information content (AvgIpc) is 3.67. The molecule has 1 saturated carbocycles. The van der Waals surface area contributed by atoms with Gasteiger partial charge in [0.1, 0.15) is 4.90 Å². The standard InChI is InChI=1S/C24H23F2IN4O4S/c1-14-10-16(27)7-8-19(14)30-23-18(24(32)31-35-13-15-5-6-15)11-20(21(25)22(23)26)36(33,34)29-12-17-4-2-3-9-28-17/h2-4,7-11,15,29-30H,5-6,12-13H2,1H3,(H,31,32).